The number of aryl methyl sites for hydroxylation is 1. The van der Waals surface area contributed by atoms with E-state index in [1.54, 1.807) is 12.1 Å². The number of rotatable bonds is 3. The molecule has 0 unspecified atom stereocenters. The number of benzene rings is 2. The highest BCUT2D eigenvalue weighted by Crippen LogP contribution is 2.34. The van der Waals surface area contributed by atoms with E-state index in [2.05, 4.69) is 0 Å². The quantitative estimate of drug-likeness (QED) is 0.901. The van der Waals surface area contributed by atoms with Gasteiger partial charge in [-0.3, -0.25) is 0 Å². The molecule has 0 bridgehead atoms. The van der Waals surface area contributed by atoms with Gasteiger partial charge in [0.25, 0.3) is 0 Å². The van der Waals surface area contributed by atoms with Crippen molar-refractivity contribution in [1.29, 1.82) is 0 Å². The van der Waals surface area contributed by atoms with E-state index in [1.807, 2.05) is 24.3 Å². The molecule has 4 heteroatoms. The van der Waals surface area contributed by atoms with E-state index < -0.39 is 0 Å². The van der Waals surface area contributed by atoms with E-state index in [1.165, 1.54) is 0 Å². The molecule has 2 aromatic rings. The molecule has 0 aromatic heterocycles. The topological polar surface area (TPSA) is 29.5 Å². The molecule has 2 nitrogen and oxygen atoms in total. The van der Waals surface area contributed by atoms with Crippen LogP contribution >= 0.6 is 23.2 Å². The van der Waals surface area contributed by atoms with Crippen LogP contribution in [-0.4, -0.2) is 5.11 Å². The van der Waals surface area contributed by atoms with Gasteiger partial charge in [-0.15, -0.1) is 0 Å². The predicted octanol–water partition coefficient (Wildman–Crippen LogP) is 4.55. The fraction of sp³-hybridized carbons (Fsp3) is 0.250. The van der Waals surface area contributed by atoms with Gasteiger partial charge in [-0.1, -0.05) is 35.3 Å². The first-order chi connectivity index (χ1) is 9.65. The van der Waals surface area contributed by atoms with Crippen molar-refractivity contribution in [3.8, 4) is 5.75 Å². The summed E-state index contributed by atoms with van der Waals surface area (Å²) in [4.78, 5) is 0. The van der Waals surface area contributed by atoms with Crippen molar-refractivity contribution >= 4 is 23.2 Å². The van der Waals surface area contributed by atoms with Crippen LogP contribution < -0.4 is 4.74 Å². The van der Waals surface area contributed by atoms with Crippen LogP contribution in [-0.2, 0) is 13.0 Å². The van der Waals surface area contributed by atoms with Crippen molar-refractivity contribution in [2.75, 3.05) is 0 Å². The second kappa shape index (κ2) is 5.65. The number of fused-ring (bicyclic) bond motifs is 1. The van der Waals surface area contributed by atoms with Crippen LogP contribution in [0.25, 0.3) is 0 Å². The Kier molecular flexibility index (Phi) is 3.88. The molecule has 0 aliphatic heterocycles. The lowest BCUT2D eigenvalue weighted by Gasteiger charge is -2.11. The molecule has 1 atom stereocenters. The molecular formula is C16H14Cl2O2. The minimum Gasteiger partial charge on any atom is -0.489 e. The van der Waals surface area contributed by atoms with Gasteiger partial charge < -0.3 is 9.84 Å². The zero-order chi connectivity index (χ0) is 14.1. The summed E-state index contributed by atoms with van der Waals surface area (Å²) in [5.74, 6) is 0.772. The first-order valence-corrected chi connectivity index (χ1v) is 7.27. The number of halogens is 2. The Balaban J connectivity index is 1.76. The van der Waals surface area contributed by atoms with E-state index in [-0.39, 0.29) is 6.10 Å². The molecular weight excluding hydrogens is 295 g/mol. The van der Waals surface area contributed by atoms with Crippen LogP contribution in [0.4, 0.5) is 0 Å². The molecule has 0 saturated heterocycles. The minimum atomic E-state index is -0.336. The zero-order valence-electron chi connectivity index (χ0n) is 10.8. The zero-order valence-corrected chi connectivity index (χ0v) is 12.3. The number of aliphatic hydroxyl groups is 1. The van der Waals surface area contributed by atoms with Gasteiger partial charge in [-0.2, -0.15) is 0 Å². The van der Waals surface area contributed by atoms with E-state index in [4.69, 9.17) is 27.9 Å². The summed E-state index contributed by atoms with van der Waals surface area (Å²) < 4.78 is 5.76. The van der Waals surface area contributed by atoms with Gasteiger partial charge in [0.05, 0.1) is 6.10 Å². The maximum Gasteiger partial charge on any atom is 0.120 e. The Morgan fingerprint density at radius 1 is 1.15 bits per heavy atom. The minimum absolute atomic E-state index is 0.333. The summed E-state index contributed by atoms with van der Waals surface area (Å²) in [5, 5.41) is 11.0. The lowest BCUT2D eigenvalue weighted by atomic mass is 10.1. The SMILES string of the molecule is O[C@H]1CCc2cc(OCc3c(Cl)cccc3Cl)ccc21. The lowest BCUT2D eigenvalue weighted by molar-refractivity contribution is 0.180. The molecule has 0 radical (unpaired) electrons. The molecule has 0 fully saturated rings. The highest BCUT2D eigenvalue weighted by Gasteiger charge is 2.20. The van der Waals surface area contributed by atoms with E-state index in [0.717, 1.165) is 35.3 Å². The van der Waals surface area contributed by atoms with Crippen molar-refractivity contribution < 1.29 is 9.84 Å². The van der Waals surface area contributed by atoms with Gasteiger partial charge in [0.2, 0.25) is 0 Å². The van der Waals surface area contributed by atoms with Crippen LogP contribution in [0.2, 0.25) is 10.0 Å². The van der Waals surface area contributed by atoms with Gasteiger partial charge in [0.1, 0.15) is 12.4 Å². The fourth-order valence-corrected chi connectivity index (χ4v) is 2.99. The smallest absolute Gasteiger partial charge is 0.120 e. The molecule has 0 amide bonds. The monoisotopic (exact) mass is 308 g/mol. The highest BCUT2D eigenvalue weighted by atomic mass is 35.5. The van der Waals surface area contributed by atoms with Crippen molar-refractivity contribution in [3.63, 3.8) is 0 Å². The molecule has 2 aromatic carbocycles. The van der Waals surface area contributed by atoms with E-state index in [0.29, 0.717) is 16.7 Å². The van der Waals surface area contributed by atoms with Crippen molar-refractivity contribution in [3.05, 3.63) is 63.1 Å². The molecule has 1 N–H and O–H groups in total. The molecule has 3 rings (SSSR count). The normalized spacial score (nSPS) is 17.1. The molecule has 0 spiro atoms. The molecule has 1 aliphatic rings. The van der Waals surface area contributed by atoms with Gasteiger partial charge in [-0.25, -0.2) is 0 Å². The maximum absolute atomic E-state index is 9.78. The van der Waals surface area contributed by atoms with Crippen molar-refractivity contribution in [2.45, 2.75) is 25.6 Å². The summed E-state index contributed by atoms with van der Waals surface area (Å²) in [7, 11) is 0. The lowest BCUT2D eigenvalue weighted by Crippen LogP contribution is -1.98. The fourth-order valence-electron chi connectivity index (χ4n) is 2.49. The average Bonchev–Trinajstić information content (AvgIpc) is 2.79. The van der Waals surface area contributed by atoms with Crippen LogP contribution in [0.1, 0.15) is 29.2 Å². The number of aliphatic hydroxyl groups excluding tert-OH is 1. The van der Waals surface area contributed by atoms with Crippen molar-refractivity contribution in [2.24, 2.45) is 0 Å². The molecule has 104 valence electrons. The first-order valence-electron chi connectivity index (χ1n) is 6.52. The van der Waals surface area contributed by atoms with Gasteiger partial charge >= 0.3 is 0 Å². The predicted molar refractivity (Wildman–Crippen MR) is 80.5 cm³/mol. The summed E-state index contributed by atoms with van der Waals surface area (Å²) in [6.45, 7) is 0.333. The third-order valence-electron chi connectivity index (χ3n) is 3.61. The number of hydrogen-bond donors (Lipinski definition) is 1. The first kappa shape index (κ1) is 13.7. The second-order valence-electron chi connectivity index (χ2n) is 4.90. The summed E-state index contributed by atoms with van der Waals surface area (Å²) in [6.07, 6.45) is 1.34. The highest BCUT2D eigenvalue weighted by molar-refractivity contribution is 6.35. The maximum atomic E-state index is 9.78. The molecule has 0 saturated carbocycles. The van der Waals surface area contributed by atoms with E-state index >= 15 is 0 Å². The van der Waals surface area contributed by atoms with Gasteiger partial charge in [0.15, 0.2) is 0 Å². The average molecular weight is 309 g/mol. The van der Waals surface area contributed by atoms with Gasteiger partial charge in [0, 0.05) is 15.6 Å². The third kappa shape index (κ3) is 2.64. The Bertz CT molecular complexity index is 620. The largest absolute Gasteiger partial charge is 0.489 e. The molecule has 1 aliphatic carbocycles. The summed E-state index contributed by atoms with van der Waals surface area (Å²) >= 11 is 12.2. The Labute approximate surface area is 127 Å². The summed E-state index contributed by atoms with van der Waals surface area (Å²) in [5.41, 5.74) is 2.95. The van der Waals surface area contributed by atoms with Crippen LogP contribution in [0.3, 0.4) is 0 Å². The van der Waals surface area contributed by atoms with Crippen LogP contribution in [0.15, 0.2) is 36.4 Å². The number of ether oxygens (including phenoxy) is 1. The Morgan fingerprint density at radius 2 is 1.90 bits per heavy atom. The van der Waals surface area contributed by atoms with Crippen LogP contribution in [0, 0.1) is 0 Å². The van der Waals surface area contributed by atoms with Crippen molar-refractivity contribution in [1.82, 2.24) is 0 Å². The van der Waals surface area contributed by atoms with Crippen LogP contribution in [0.5, 0.6) is 5.75 Å². The Hall–Kier alpha value is -1.22. The number of hydrogen-bond acceptors (Lipinski definition) is 2. The standard InChI is InChI=1S/C16H14Cl2O2/c17-14-2-1-3-15(18)13(14)9-20-11-5-6-12-10(8-11)4-7-16(12)19/h1-3,5-6,8,16,19H,4,7,9H2/t16-/m0/s1. The third-order valence-corrected chi connectivity index (χ3v) is 4.31. The van der Waals surface area contributed by atoms with E-state index in [9.17, 15) is 5.11 Å². The second-order valence-corrected chi connectivity index (χ2v) is 5.72. The Morgan fingerprint density at radius 3 is 2.65 bits per heavy atom. The summed E-state index contributed by atoms with van der Waals surface area (Å²) in [6, 6.07) is 11.2. The van der Waals surface area contributed by atoms with Gasteiger partial charge in [-0.05, 0) is 48.2 Å². The molecule has 20 heavy (non-hydrogen) atoms. The molecule has 0 heterocycles.